The number of benzene rings is 1. The Labute approximate surface area is 146 Å². The Morgan fingerprint density at radius 2 is 2.04 bits per heavy atom. The molecule has 0 aliphatic carbocycles. The molecular formula is C20H31N3O. The Morgan fingerprint density at radius 1 is 1.17 bits per heavy atom. The molecular weight excluding hydrogens is 298 g/mol. The molecule has 3 unspecified atom stereocenters. The van der Waals surface area contributed by atoms with Gasteiger partial charge < -0.3 is 15.4 Å². The lowest BCUT2D eigenvalue weighted by molar-refractivity contribution is 0.0992. The van der Waals surface area contributed by atoms with Crippen molar-refractivity contribution in [3.8, 4) is 0 Å². The second kappa shape index (κ2) is 9.07. The molecule has 2 aliphatic heterocycles. The van der Waals surface area contributed by atoms with E-state index in [9.17, 15) is 0 Å². The molecule has 2 N–H and O–H groups in total. The van der Waals surface area contributed by atoms with Crippen molar-refractivity contribution in [2.24, 2.45) is 4.99 Å². The van der Waals surface area contributed by atoms with Crippen LogP contribution in [0.2, 0.25) is 0 Å². The largest absolute Gasteiger partial charge is 0.373 e. The molecule has 24 heavy (non-hydrogen) atoms. The molecule has 2 bridgehead atoms. The van der Waals surface area contributed by atoms with Crippen molar-refractivity contribution in [2.75, 3.05) is 13.1 Å². The van der Waals surface area contributed by atoms with E-state index in [0.717, 1.165) is 31.9 Å². The summed E-state index contributed by atoms with van der Waals surface area (Å²) in [7, 11) is 0. The molecule has 3 rings (SSSR count). The number of ether oxygens (including phenoxy) is 1. The minimum Gasteiger partial charge on any atom is -0.373 e. The van der Waals surface area contributed by atoms with Gasteiger partial charge in [0.2, 0.25) is 0 Å². The predicted octanol–water partition coefficient (Wildman–Crippen LogP) is 3.27. The fourth-order valence-corrected chi connectivity index (χ4v) is 3.74. The van der Waals surface area contributed by atoms with Gasteiger partial charge in [-0.05, 0) is 51.0 Å². The molecule has 0 spiro atoms. The zero-order valence-electron chi connectivity index (χ0n) is 14.8. The highest BCUT2D eigenvalue weighted by Gasteiger charge is 2.41. The highest BCUT2D eigenvalue weighted by atomic mass is 16.5. The molecule has 0 amide bonds. The summed E-state index contributed by atoms with van der Waals surface area (Å²) in [6, 6.07) is 11.2. The van der Waals surface area contributed by atoms with Crippen LogP contribution in [0.25, 0.3) is 0 Å². The number of aliphatic imine (C=N–C) groups is 1. The maximum Gasteiger partial charge on any atom is 0.191 e. The average molecular weight is 329 g/mol. The van der Waals surface area contributed by atoms with Crippen molar-refractivity contribution < 1.29 is 4.74 Å². The zero-order valence-corrected chi connectivity index (χ0v) is 14.8. The van der Waals surface area contributed by atoms with Crippen LogP contribution >= 0.6 is 0 Å². The van der Waals surface area contributed by atoms with Crippen molar-refractivity contribution in [3.05, 3.63) is 35.9 Å². The number of nitrogens with zero attached hydrogens (tertiary/aromatic N) is 1. The van der Waals surface area contributed by atoms with Gasteiger partial charge in [0.1, 0.15) is 0 Å². The summed E-state index contributed by atoms with van der Waals surface area (Å²) in [4.78, 5) is 4.74. The van der Waals surface area contributed by atoms with Crippen molar-refractivity contribution >= 4 is 5.96 Å². The third-order valence-electron chi connectivity index (χ3n) is 5.01. The van der Waals surface area contributed by atoms with Gasteiger partial charge in [0.25, 0.3) is 0 Å². The quantitative estimate of drug-likeness (QED) is 0.437. The minimum atomic E-state index is 0.393. The molecule has 1 aromatic carbocycles. The van der Waals surface area contributed by atoms with Crippen LogP contribution in [-0.4, -0.2) is 37.3 Å². The number of rotatable bonds is 8. The lowest BCUT2D eigenvalue weighted by atomic mass is 9.96. The van der Waals surface area contributed by atoms with Gasteiger partial charge in [-0.25, -0.2) is 0 Å². The topological polar surface area (TPSA) is 45.7 Å². The molecule has 0 radical (unpaired) electrons. The van der Waals surface area contributed by atoms with Crippen LogP contribution in [0.4, 0.5) is 0 Å². The number of unbranched alkanes of at least 4 members (excludes halogenated alkanes) is 2. The summed E-state index contributed by atoms with van der Waals surface area (Å²) in [6.45, 7) is 3.92. The highest BCUT2D eigenvalue weighted by molar-refractivity contribution is 5.80. The van der Waals surface area contributed by atoms with Crippen molar-refractivity contribution in [1.29, 1.82) is 0 Å². The van der Waals surface area contributed by atoms with Crippen LogP contribution < -0.4 is 10.6 Å². The van der Waals surface area contributed by atoms with Crippen LogP contribution in [0, 0.1) is 0 Å². The Kier molecular flexibility index (Phi) is 6.53. The van der Waals surface area contributed by atoms with Crippen molar-refractivity contribution in [1.82, 2.24) is 10.6 Å². The molecule has 4 heteroatoms. The lowest BCUT2D eigenvalue weighted by Gasteiger charge is -2.22. The van der Waals surface area contributed by atoms with Gasteiger partial charge in [-0.3, -0.25) is 4.99 Å². The van der Waals surface area contributed by atoms with Crippen LogP contribution in [0.1, 0.15) is 51.0 Å². The molecule has 2 heterocycles. The molecule has 132 valence electrons. The van der Waals surface area contributed by atoms with Gasteiger partial charge in [0.05, 0.1) is 18.2 Å². The number of hydrogen-bond acceptors (Lipinski definition) is 2. The maximum atomic E-state index is 5.92. The van der Waals surface area contributed by atoms with Gasteiger partial charge in [0.15, 0.2) is 5.96 Å². The van der Waals surface area contributed by atoms with E-state index < -0.39 is 0 Å². The van der Waals surface area contributed by atoms with E-state index in [-0.39, 0.29) is 0 Å². The Morgan fingerprint density at radius 3 is 2.75 bits per heavy atom. The smallest absolute Gasteiger partial charge is 0.191 e. The maximum absolute atomic E-state index is 5.92. The standard InChI is InChI=1S/C20H31N3O/c1-2-21-20(23-18-15-17-12-13-19(18)24-17)22-14-8-4-7-11-16-9-5-3-6-10-16/h3,5-6,9-10,17-19H,2,4,7-8,11-15H2,1H3,(H2,21,22,23). The number of fused-ring (bicyclic) bond motifs is 2. The molecule has 1 aromatic rings. The normalized spacial score (nSPS) is 25.9. The van der Waals surface area contributed by atoms with Gasteiger partial charge in [-0.15, -0.1) is 0 Å². The van der Waals surface area contributed by atoms with E-state index in [1.54, 1.807) is 0 Å². The SMILES string of the molecule is CCNC(=NCCCCCc1ccccc1)NC1CC2CCC1O2. The zero-order chi connectivity index (χ0) is 16.6. The Hall–Kier alpha value is -1.55. The van der Waals surface area contributed by atoms with Gasteiger partial charge in [-0.2, -0.15) is 0 Å². The Bertz CT molecular complexity index is 517. The molecule has 4 nitrogen and oxygen atoms in total. The first kappa shape index (κ1) is 17.3. The van der Waals surface area contributed by atoms with E-state index in [1.165, 1.54) is 37.7 Å². The molecule has 0 aromatic heterocycles. The van der Waals surface area contributed by atoms with E-state index in [2.05, 4.69) is 47.9 Å². The lowest BCUT2D eigenvalue weighted by Crippen LogP contribution is -2.47. The Balaban J connectivity index is 1.35. The first-order valence-electron chi connectivity index (χ1n) is 9.59. The summed E-state index contributed by atoms with van der Waals surface area (Å²) in [6.07, 6.45) is 9.23. The third-order valence-corrected chi connectivity index (χ3v) is 5.01. The van der Waals surface area contributed by atoms with Crippen LogP contribution in [-0.2, 0) is 11.2 Å². The number of hydrogen-bond donors (Lipinski definition) is 2. The number of aryl methyl sites for hydroxylation is 1. The molecule has 2 aliphatic rings. The monoisotopic (exact) mass is 329 g/mol. The van der Waals surface area contributed by atoms with Crippen LogP contribution in [0.5, 0.6) is 0 Å². The second-order valence-electron chi connectivity index (χ2n) is 6.92. The van der Waals surface area contributed by atoms with E-state index in [0.29, 0.717) is 18.2 Å². The van der Waals surface area contributed by atoms with E-state index in [4.69, 9.17) is 9.73 Å². The van der Waals surface area contributed by atoms with Gasteiger partial charge in [-0.1, -0.05) is 36.8 Å². The molecule has 0 saturated carbocycles. The van der Waals surface area contributed by atoms with Gasteiger partial charge in [0, 0.05) is 13.1 Å². The number of guanidine groups is 1. The third kappa shape index (κ3) is 4.97. The number of nitrogens with one attached hydrogen (secondary N) is 2. The molecule has 3 atom stereocenters. The van der Waals surface area contributed by atoms with E-state index in [1.807, 2.05) is 0 Å². The summed E-state index contributed by atoms with van der Waals surface area (Å²) >= 11 is 0. The molecule has 2 fully saturated rings. The van der Waals surface area contributed by atoms with Crippen molar-refractivity contribution in [3.63, 3.8) is 0 Å². The van der Waals surface area contributed by atoms with Crippen LogP contribution in [0.15, 0.2) is 35.3 Å². The summed E-state index contributed by atoms with van der Waals surface area (Å²) in [5.41, 5.74) is 1.44. The summed E-state index contributed by atoms with van der Waals surface area (Å²) in [5.74, 6) is 0.960. The highest BCUT2D eigenvalue weighted by Crippen LogP contribution is 2.34. The van der Waals surface area contributed by atoms with Gasteiger partial charge >= 0.3 is 0 Å². The second-order valence-corrected chi connectivity index (χ2v) is 6.92. The summed E-state index contributed by atoms with van der Waals surface area (Å²) in [5, 5.41) is 6.95. The summed E-state index contributed by atoms with van der Waals surface area (Å²) < 4.78 is 5.92. The fraction of sp³-hybridized carbons (Fsp3) is 0.650. The van der Waals surface area contributed by atoms with Crippen molar-refractivity contribution in [2.45, 2.75) is 70.1 Å². The van der Waals surface area contributed by atoms with Crippen LogP contribution in [0.3, 0.4) is 0 Å². The molecule has 2 saturated heterocycles. The first-order chi connectivity index (χ1) is 11.8. The predicted molar refractivity (Wildman–Crippen MR) is 99.4 cm³/mol. The fourth-order valence-electron chi connectivity index (χ4n) is 3.74. The minimum absolute atomic E-state index is 0.393. The first-order valence-corrected chi connectivity index (χ1v) is 9.59. The average Bonchev–Trinajstić information content (AvgIpc) is 3.22. The van der Waals surface area contributed by atoms with E-state index >= 15 is 0 Å².